The minimum atomic E-state index is -0.957. The second kappa shape index (κ2) is 14.6. The SMILES string of the molecule is CC(CCc1ccccc1)N(CCC(=O)O)C(=O)c1ccccc1-c1ccccc1C(=O)NCc1ccc(C(C)(C)C)cc1. The van der Waals surface area contributed by atoms with E-state index in [-0.39, 0.29) is 36.2 Å². The fourth-order valence-corrected chi connectivity index (χ4v) is 5.29. The molecule has 0 bridgehead atoms. The monoisotopic (exact) mass is 590 g/mol. The summed E-state index contributed by atoms with van der Waals surface area (Å²) < 4.78 is 0. The summed E-state index contributed by atoms with van der Waals surface area (Å²) in [5.74, 6) is -1.44. The van der Waals surface area contributed by atoms with Crippen molar-refractivity contribution in [1.82, 2.24) is 10.2 Å². The van der Waals surface area contributed by atoms with Crippen LogP contribution in [0.25, 0.3) is 11.1 Å². The minimum Gasteiger partial charge on any atom is -0.481 e. The van der Waals surface area contributed by atoms with E-state index in [4.69, 9.17) is 0 Å². The zero-order valence-corrected chi connectivity index (χ0v) is 26.0. The molecule has 4 aromatic rings. The summed E-state index contributed by atoms with van der Waals surface area (Å²) >= 11 is 0. The first-order valence-electron chi connectivity index (χ1n) is 15.2. The smallest absolute Gasteiger partial charge is 0.305 e. The van der Waals surface area contributed by atoms with Crippen LogP contribution in [0.3, 0.4) is 0 Å². The summed E-state index contributed by atoms with van der Waals surface area (Å²) in [6, 6.07) is 32.6. The number of hydrogen-bond acceptors (Lipinski definition) is 3. The van der Waals surface area contributed by atoms with Gasteiger partial charge in [0.25, 0.3) is 11.8 Å². The van der Waals surface area contributed by atoms with E-state index in [0.29, 0.717) is 35.2 Å². The highest BCUT2D eigenvalue weighted by molar-refractivity contribution is 6.06. The average molecular weight is 591 g/mol. The van der Waals surface area contributed by atoms with E-state index in [1.807, 2.05) is 79.7 Å². The second-order valence-corrected chi connectivity index (χ2v) is 12.2. The van der Waals surface area contributed by atoms with Crippen LogP contribution in [-0.2, 0) is 23.2 Å². The van der Waals surface area contributed by atoms with Gasteiger partial charge in [0.05, 0.1) is 6.42 Å². The highest BCUT2D eigenvalue weighted by Crippen LogP contribution is 2.29. The van der Waals surface area contributed by atoms with Gasteiger partial charge in [0.2, 0.25) is 0 Å². The number of carboxylic acid groups (broad SMARTS) is 1. The van der Waals surface area contributed by atoms with Crippen molar-refractivity contribution in [3.63, 3.8) is 0 Å². The van der Waals surface area contributed by atoms with Gasteiger partial charge in [0.15, 0.2) is 0 Å². The molecule has 0 aromatic heterocycles. The molecule has 1 unspecified atom stereocenters. The van der Waals surface area contributed by atoms with Gasteiger partial charge in [-0.25, -0.2) is 0 Å². The van der Waals surface area contributed by atoms with Crippen molar-refractivity contribution < 1.29 is 19.5 Å². The number of aryl methyl sites for hydroxylation is 1. The zero-order chi connectivity index (χ0) is 31.7. The predicted molar refractivity (Wildman–Crippen MR) is 176 cm³/mol. The zero-order valence-electron chi connectivity index (χ0n) is 26.0. The van der Waals surface area contributed by atoms with Gasteiger partial charge in [0.1, 0.15) is 0 Å². The maximum absolute atomic E-state index is 14.1. The van der Waals surface area contributed by atoms with Crippen LogP contribution in [0.4, 0.5) is 0 Å². The van der Waals surface area contributed by atoms with Crippen LogP contribution in [-0.4, -0.2) is 40.4 Å². The van der Waals surface area contributed by atoms with E-state index in [1.165, 1.54) is 5.56 Å². The van der Waals surface area contributed by atoms with Crippen molar-refractivity contribution in [3.05, 3.63) is 131 Å². The molecule has 228 valence electrons. The summed E-state index contributed by atoms with van der Waals surface area (Å²) in [6.45, 7) is 8.93. The lowest BCUT2D eigenvalue weighted by Crippen LogP contribution is -2.40. The van der Waals surface area contributed by atoms with Crippen LogP contribution in [0, 0.1) is 0 Å². The molecule has 0 aliphatic carbocycles. The summed E-state index contributed by atoms with van der Waals surface area (Å²) in [7, 11) is 0. The number of carboxylic acids is 1. The normalized spacial score (nSPS) is 11.9. The van der Waals surface area contributed by atoms with Crippen molar-refractivity contribution in [2.45, 2.75) is 65.0 Å². The Morgan fingerprint density at radius 3 is 1.93 bits per heavy atom. The summed E-state index contributed by atoms with van der Waals surface area (Å²) in [6.07, 6.45) is 1.30. The van der Waals surface area contributed by atoms with E-state index in [0.717, 1.165) is 17.5 Å². The molecule has 0 saturated carbocycles. The molecule has 0 radical (unpaired) electrons. The number of benzene rings is 4. The minimum absolute atomic E-state index is 0.0500. The van der Waals surface area contributed by atoms with Crippen LogP contribution in [0.2, 0.25) is 0 Å². The van der Waals surface area contributed by atoms with E-state index in [2.05, 4.69) is 38.2 Å². The van der Waals surface area contributed by atoms with E-state index in [1.54, 1.807) is 23.1 Å². The maximum Gasteiger partial charge on any atom is 0.305 e. The molecule has 4 rings (SSSR count). The molecule has 0 aliphatic heterocycles. The van der Waals surface area contributed by atoms with Gasteiger partial charge in [-0.1, -0.05) is 112 Å². The topological polar surface area (TPSA) is 86.7 Å². The van der Waals surface area contributed by atoms with Gasteiger partial charge in [-0.15, -0.1) is 0 Å². The van der Waals surface area contributed by atoms with Gasteiger partial charge in [0, 0.05) is 30.3 Å². The molecule has 0 saturated heterocycles. The lowest BCUT2D eigenvalue weighted by Gasteiger charge is -2.30. The Balaban J connectivity index is 1.57. The first-order chi connectivity index (χ1) is 21.0. The van der Waals surface area contributed by atoms with Crippen LogP contribution < -0.4 is 5.32 Å². The molecular formula is C38H42N2O4. The highest BCUT2D eigenvalue weighted by Gasteiger charge is 2.26. The molecule has 2 N–H and O–H groups in total. The predicted octanol–water partition coefficient (Wildman–Crippen LogP) is 7.52. The Hall–Kier alpha value is -4.71. The number of rotatable bonds is 12. The Labute approximate surface area is 260 Å². The molecule has 0 heterocycles. The first-order valence-corrected chi connectivity index (χ1v) is 15.2. The number of nitrogens with zero attached hydrogens (tertiary/aromatic N) is 1. The molecule has 2 amide bonds. The standard InChI is InChI=1S/C38H42N2O4/c1-27(18-19-28-12-6-5-7-13-28)40(25-24-35(41)42)37(44)34-17-11-9-15-32(34)31-14-8-10-16-33(31)36(43)39-26-29-20-22-30(23-21-29)38(2,3)4/h5-17,20-23,27H,18-19,24-26H2,1-4H3,(H,39,43)(H,41,42). The van der Waals surface area contributed by atoms with Gasteiger partial charge < -0.3 is 15.3 Å². The van der Waals surface area contributed by atoms with Crippen LogP contribution in [0.1, 0.15) is 77.9 Å². The average Bonchev–Trinajstić information content (AvgIpc) is 3.02. The Morgan fingerprint density at radius 1 is 0.750 bits per heavy atom. The van der Waals surface area contributed by atoms with Gasteiger partial charge >= 0.3 is 5.97 Å². The highest BCUT2D eigenvalue weighted by atomic mass is 16.4. The number of amides is 2. The first kappa shape index (κ1) is 32.2. The van der Waals surface area contributed by atoms with Gasteiger partial charge in [-0.2, -0.15) is 0 Å². The molecule has 1 atom stereocenters. The third-order valence-electron chi connectivity index (χ3n) is 7.95. The number of carbonyl (C=O) groups excluding carboxylic acids is 2. The van der Waals surface area contributed by atoms with Crippen LogP contribution in [0.5, 0.6) is 0 Å². The lowest BCUT2D eigenvalue weighted by atomic mass is 9.87. The van der Waals surface area contributed by atoms with Crippen molar-refractivity contribution in [2.24, 2.45) is 0 Å². The Bertz CT molecular complexity index is 1570. The van der Waals surface area contributed by atoms with Crippen LogP contribution >= 0.6 is 0 Å². The fourth-order valence-electron chi connectivity index (χ4n) is 5.29. The quantitative estimate of drug-likeness (QED) is 0.179. The summed E-state index contributed by atoms with van der Waals surface area (Å²) in [4.78, 5) is 40.8. The fraction of sp³-hybridized carbons (Fsp3) is 0.289. The summed E-state index contributed by atoms with van der Waals surface area (Å²) in [5, 5.41) is 12.5. The van der Waals surface area contributed by atoms with Crippen molar-refractivity contribution >= 4 is 17.8 Å². The van der Waals surface area contributed by atoms with Crippen molar-refractivity contribution in [2.75, 3.05) is 6.54 Å². The van der Waals surface area contributed by atoms with E-state index >= 15 is 0 Å². The van der Waals surface area contributed by atoms with E-state index < -0.39 is 5.97 Å². The summed E-state index contributed by atoms with van der Waals surface area (Å²) in [5.41, 5.74) is 5.62. The van der Waals surface area contributed by atoms with Gasteiger partial charge in [-0.3, -0.25) is 14.4 Å². The Kier molecular flexibility index (Phi) is 10.7. The Morgan fingerprint density at radius 2 is 1.32 bits per heavy atom. The molecule has 0 spiro atoms. The van der Waals surface area contributed by atoms with E-state index in [9.17, 15) is 19.5 Å². The molecule has 4 aromatic carbocycles. The molecule has 44 heavy (non-hydrogen) atoms. The molecule has 0 aliphatic rings. The lowest BCUT2D eigenvalue weighted by molar-refractivity contribution is -0.137. The largest absolute Gasteiger partial charge is 0.481 e. The second-order valence-electron chi connectivity index (χ2n) is 12.2. The van der Waals surface area contributed by atoms with Crippen molar-refractivity contribution in [3.8, 4) is 11.1 Å². The molecular weight excluding hydrogens is 548 g/mol. The molecule has 6 heteroatoms. The third-order valence-corrected chi connectivity index (χ3v) is 7.95. The van der Waals surface area contributed by atoms with Crippen molar-refractivity contribution in [1.29, 1.82) is 0 Å². The number of carbonyl (C=O) groups is 3. The molecule has 0 fully saturated rings. The number of nitrogens with one attached hydrogen (secondary N) is 1. The third kappa shape index (κ3) is 8.44. The van der Waals surface area contributed by atoms with Gasteiger partial charge in [-0.05, 0) is 65.1 Å². The maximum atomic E-state index is 14.1. The molecule has 6 nitrogen and oxygen atoms in total. The number of hydrogen-bond donors (Lipinski definition) is 2. The number of aliphatic carboxylic acids is 1. The van der Waals surface area contributed by atoms with Crippen LogP contribution in [0.15, 0.2) is 103 Å².